The molecule has 124 valence electrons. The van der Waals surface area contributed by atoms with Gasteiger partial charge in [-0.1, -0.05) is 35.4 Å². The smallest absolute Gasteiger partial charge is 0.206 e. The molecule has 0 aliphatic carbocycles. The summed E-state index contributed by atoms with van der Waals surface area (Å²) < 4.78 is 48.8. The van der Waals surface area contributed by atoms with Gasteiger partial charge in [0.25, 0.3) is 20.0 Å². The molecule has 0 unspecified atom stereocenters. The highest BCUT2D eigenvalue weighted by molar-refractivity contribution is 7.92. The minimum absolute atomic E-state index is 0.0218. The summed E-state index contributed by atoms with van der Waals surface area (Å²) in [6.07, 6.45) is 0. The van der Waals surface area contributed by atoms with Crippen molar-refractivity contribution < 1.29 is 16.8 Å². The van der Waals surface area contributed by atoms with Crippen LogP contribution >= 0.6 is 0 Å². The van der Waals surface area contributed by atoms with Gasteiger partial charge in [0.1, 0.15) is 0 Å². The highest BCUT2D eigenvalue weighted by Crippen LogP contribution is 2.16. The van der Waals surface area contributed by atoms with Crippen LogP contribution in [0, 0.1) is 20.8 Å². The van der Waals surface area contributed by atoms with Crippen LogP contribution in [0.15, 0.2) is 52.3 Å². The van der Waals surface area contributed by atoms with Crippen LogP contribution in [0.3, 0.4) is 0 Å². The van der Waals surface area contributed by atoms with E-state index in [0.29, 0.717) is 5.56 Å². The van der Waals surface area contributed by atoms with Crippen molar-refractivity contribution in [2.24, 2.45) is 0 Å². The van der Waals surface area contributed by atoms with Crippen LogP contribution in [0.4, 0.5) is 0 Å². The van der Waals surface area contributed by atoms with Gasteiger partial charge in [-0.3, -0.25) is 0 Å². The predicted octanol–water partition coefficient (Wildman–Crippen LogP) is 1.78. The summed E-state index contributed by atoms with van der Waals surface area (Å²) in [4.78, 5) is 3.83. The minimum Gasteiger partial charge on any atom is -0.206 e. The number of nitrogens with one attached hydrogen (secondary N) is 2. The van der Waals surface area contributed by atoms with Crippen LogP contribution < -0.4 is 9.66 Å². The second-order valence-corrected chi connectivity index (χ2v) is 8.63. The first kappa shape index (κ1) is 17.6. The summed E-state index contributed by atoms with van der Waals surface area (Å²) >= 11 is 0. The molecule has 0 saturated carbocycles. The Morgan fingerprint density at radius 2 is 1.22 bits per heavy atom. The molecular weight excluding hydrogens is 336 g/mol. The number of hydrogen-bond acceptors (Lipinski definition) is 4. The second kappa shape index (κ2) is 6.40. The Hall–Kier alpha value is -1.74. The largest absolute Gasteiger partial charge is 0.254 e. The molecule has 0 bridgehead atoms. The molecule has 0 atom stereocenters. The highest BCUT2D eigenvalue weighted by Gasteiger charge is 2.21. The summed E-state index contributed by atoms with van der Waals surface area (Å²) in [6.45, 7) is 5.32. The first-order valence-electron chi connectivity index (χ1n) is 6.79. The monoisotopic (exact) mass is 354 g/mol. The first-order chi connectivity index (χ1) is 10.6. The van der Waals surface area contributed by atoms with Gasteiger partial charge >= 0.3 is 0 Å². The van der Waals surface area contributed by atoms with Crippen LogP contribution in [0.5, 0.6) is 0 Å². The molecule has 0 heterocycles. The summed E-state index contributed by atoms with van der Waals surface area (Å²) in [5, 5.41) is 0. The first-order valence-corrected chi connectivity index (χ1v) is 9.76. The predicted molar refractivity (Wildman–Crippen MR) is 87.7 cm³/mol. The normalized spacial score (nSPS) is 12.3. The third-order valence-electron chi connectivity index (χ3n) is 3.26. The van der Waals surface area contributed by atoms with E-state index in [1.165, 1.54) is 18.2 Å². The van der Waals surface area contributed by atoms with E-state index in [0.717, 1.165) is 11.1 Å². The summed E-state index contributed by atoms with van der Waals surface area (Å²) in [7, 11) is -7.98. The van der Waals surface area contributed by atoms with Crippen LogP contribution in [-0.2, 0) is 20.0 Å². The molecule has 6 nitrogen and oxygen atoms in total. The SMILES string of the molecule is Cc1ccc(S(=O)(=O)NNS(=O)(=O)c2ccc(C)cc2C)cc1. The Balaban J connectivity index is 2.23. The molecule has 0 amide bonds. The Kier molecular flexibility index (Phi) is 4.90. The van der Waals surface area contributed by atoms with Gasteiger partial charge in [-0.25, -0.2) is 16.8 Å². The Morgan fingerprint density at radius 1 is 0.696 bits per heavy atom. The van der Waals surface area contributed by atoms with E-state index >= 15 is 0 Å². The molecule has 0 aliphatic rings. The molecule has 0 aliphatic heterocycles. The van der Waals surface area contributed by atoms with Crippen LogP contribution in [0.1, 0.15) is 16.7 Å². The number of hydrazine groups is 1. The van der Waals surface area contributed by atoms with E-state index < -0.39 is 20.0 Å². The Labute approximate surface area is 136 Å². The van der Waals surface area contributed by atoms with Gasteiger partial charge in [-0.05, 0) is 44.5 Å². The molecule has 0 fully saturated rings. The lowest BCUT2D eigenvalue weighted by Gasteiger charge is -2.11. The molecule has 8 heteroatoms. The molecule has 23 heavy (non-hydrogen) atoms. The van der Waals surface area contributed by atoms with Gasteiger partial charge in [-0.2, -0.15) is 0 Å². The molecule has 2 N–H and O–H groups in total. The van der Waals surface area contributed by atoms with Crippen molar-refractivity contribution >= 4 is 20.0 Å². The quantitative estimate of drug-likeness (QED) is 0.801. The van der Waals surface area contributed by atoms with Crippen molar-refractivity contribution in [3.05, 3.63) is 59.2 Å². The van der Waals surface area contributed by atoms with Crippen molar-refractivity contribution in [1.82, 2.24) is 9.66 Å². The zero-order chi connectivity index (χ0) is 17.3. The zero-order valence-corrected chi connectivity index (χ0v) is 14.6. The minimum atomic E-state index is -4.00. The van der Waals surface area contributed by atoms with Crippen LogP contribution in [-0.4, -0.2) is 16.8 Å². The number of benzene rings is 2. The lowest BCUT2D eigenvalue weighted by Crippen LogP contribution is -2.41. The van der Waals surface area contributed by atoms with Gasteiger partial charge in [-0.15, -0.1) is 9.66 Å². The van der Waals surface area contributed by atoms with Crippen molar-refractivity contribution in [2.45, 2.75) is 30.6 Å². The lowest BCUT2D eigenvalue weighted by molar-refractivity contribution is 0.557. The molecule has 2 aromatic rings. The van der Waals surface area contributed by atoms with Gasteiger partial charge in [0.15, 0.2) is 0 Å². The van der Waals surface area contributed by atoms with E-state index in [2.05, 4.69) is 0 Å². The van der Waals surface area contributed by atoms with Crippen molar-refractivity contribution in [2.75, 3.05) is 0 Å². The van der Waals surface area contributed by atoms with Gasteiger partial charge in [0.2, 0.25) is 0 Å². The number of aryl methyl sites for hydroxylation is 3. The Morgan fingerprint density at radius 3 is 1.78 bits per heavy atom. The van der Waals surface area contributed by atoms with Crippen molar-refractivity contribution in [3.63, 3.8) is 0 Å². The number of hydrogen-bond donors (Lipinski definition) is 2. The van der Waals surface area contributed by atoms with E-state index in [1.54, 1.807) is 31.2 Å². The molecule has 2 aromatic carbocycles. The average molecular weight is 354 g/mol. The maximum absolute atomic E-state index is 12.3. The molecule has 0 saturated heterocycles. The maximum Gasteiger partial charge on any atom is 0.254 e. The lowest BCUT2D eigenvalue weighted by atomic mass is 10.2. The molecule has 2 rings (SSSR count). The standard InChI is InChI=1S/C15H18N2O4S2/c1-11-4-7-14(8-5-11)22(18,19)16-17-23(20,21)15-9-6-12(2)10-13(15)3/h4-10,16-17H,1-3H3. The van der Waals surface area contributed by atoms with Crippen LogP contribution in [0.25, 0.3) is 0 Å². The second-order valence-electron chi connectivity index (χ2n) is 5.29. The summed E-state index contributed by atoms with van der Waals surface area (Å²) in [5.74, 6) is 0. The number of rotatable bonds is 5. The number of sulfonamides is 2. The van der Waals surface area contributed by atoms with E-state index in [-0.39, 0.29) is 9.79 Å². The topological polar surface area (TPSA) is 92.3 Å². The molecule has 0 spiro atoms. The maximum atomic E-state index is 12.3. The highest BCUT2D eigenvalue weighted by atomic mass is 32.2. The fourth-order valence-electron chi connectivity index (χ4n) is 2.04. The molecule has 0 aromatic heterocycles. The average Bonchev–Trinajstić information content (AvgIpc) is 2.45. The molecule has 0 radical (unpaired) electrons. The fraction of sp³-hybridized carbons (Fsp3) is 0.200. The van der Waals surface area contributed by atoms with Crippen molar-refractivity contribution in [3.8, 4) is 0 Å². The zero-order valence-electron chi connectivity index (χ0n) is 13.0. The van der Waals surface area contributed by atoms with Gasteiger partial charge in [0, 0.05) is 0 Å². The molecular formula is C15H18N2O4S2. The Bertz CT molecular complexity index is 918. The summed E-state index contributed by atoms with van der Waals surface area (Å²) in [5.41, 5.74) is 2.36. The third kappa shape index (κ3) is 4.17. The van der Waals surface area contributed by atoms with E-state index in [1.807, 2.05) is 23.5 Å². The van der Waals surface area contributed by atoms with E-state index in [9.17, 15) is 16.8 Å². The van der Waals surface area contributed by atoms with Crippen LogP contribution in [0.2, 0.25) is 0 Å². The fourth-order valence-corrected chi connectivity index (χ4v) is 4.37. The van der Waals surface area contributed by atoms with E-state index in [4.69, 9.17) is 0 Å². The van der Waals surface area contributed by atoms with Crippen molar-refractivity contribution in [1.29, 1.82) is 0 Å². The van der Waals surface area contributed by atoms with Gasteiger partial charge < -0.3 is 0 Å². The summed E-state index contributed by atoms with van der Waals surface area (Å²) in [6, 6.07) is 10.9. The third-order valence-corrected chi connectivity index (χ3v) is 6.06. The van der Waals surface area contributed by atoms with Gasteiger partial charge in [0.05, 0.1) is 9.79 Å².